The Hall–Kier alpha value is -1.50. The number of aromatic amines is 1. The Morgan fingerprint density at radius 2 is 2.53 bits per heavy atom. The van der Waals surface area contributed by atoms with Crippen LogP contribution in [0.5, 0.6) is 0 Å². The molecule has 7 heteroatoms. The van der Waals surface area contributed by atoms with Gasteiger partial charge < -0.3 is 5.32 Å². The fraction of sp³-hybridized carbons (Fsp3) is 0.500. The van der Waals surface area contributed by atoms with E-state index in [1.807, 2.05) is 17.8 Å². The number of rotatable bonds is 3. The lowest BCUT2D eigenvalue weighted by Crippen LogP contribution is -2.17. The van der Waals surface area contributed by atoms with E-state index in [4.69, 9.17) is 0 Å². The third kappa shape index (κ3) is 2.14. The van der Waals surface area contributed by atoms with Gasteiger partial charge in [-0.05, 0) is 30.7 Å². The quantitative estimate of drug-likeness (QED) is 0.841. The van der Waals surface area contributed by atoms with Gasteiger partial charge in [0.25, 0.3) is 0 Å². The summed E-state index contributed by atoms with van der Waals surface area (Å²) in [5, 5.41) is 14.3. The first-order valence-electron chi connectivity index (χ1n) is 5.63. The van der Waals surface area contributed by atoms with E-state index in [2.05, 4.69) is 20.6 Å². The highest BCUT2D eigenvalue weighted by Gasteiger charge is 2.15. The van der Waals surface area contributed by atoms with Crippen LogP contribution >= 0.6 is 11.8 Å². The Labute approximate surface area is 102 Å². The number of H-pyrrole nitrogens is 1. The second kappa shape index (κ2) is 4.40. The number of hydrogen-bond donors (Lipinski definition) is 2. The van der Waals surface area contributed by atoms with Crippen LogP contribution in [0.1, 0.15) is 12.8 Å². The van der Waals surface area contributed by atoms with Gasteiger partial charge in [-0.2, -0.15) is 21.4 Å². The third-order valence-electron chi connectivity index (χ3n) is 2.81. The minimum atomic E-state index is -0.307. The van der Waals surface area contributed by atoms with Gasteiger partial charge in [0.05, 0.1) is 0 Å². The monoisotopic (exact) mass is 251 g/mol. The molecule has 0 spiro atoms. The molecule has 17 heavy (non-hydrogen) atoms. The SMILES string of the molecule is O=c1[nH]nc2ccc(NCC3CCCS3)nn12. The van der Waals surface area contributed by atoms with Crippen molar-refractivity contribution in [3.63, 3.8) is 0 Å². The second-order valence-electron chi connectivity index (χ2n) is 4.03. The van der Waals surface area contributed by atoms with Crippen LogP contribution in [-0.4, -0.2) is 37.4 Å². The zero-order chi connectivity index (χ0) is 11.7. The van der Waals surface area contributed by atoms with E-state index < -0.39 is 0 Å². The zero-order valence-electron chi connectivity index (χ0n) is 9.22. The molecule has 0 saturated carbocycles. The van der Waals surface area contributed by atoms with Gasteiger partial charge in [-0.1, -0.05) is 0 Å². The van der Waals surface area contributed by atoms with E-state index in [1.165, 1.54) is 23.1 Å². The summed E-state index contributed by atoms with van der Waals surface area (Å²) >= 11 is 1.99. The van der Waals surface area contributed by atoms with Crippen LogP contribution in [0.2, 0.25) is 0 Å². The van der Waals surface area contributed by atoms with Crippen molar-refractivity contribution in [3.05, 3.63) is 22.6 Å². The predicted molar refractivity (Wildman–Crippen MR) is 67.6 cm³/mol. The molecule has 1 unspecified atom stereocenters. The Bertz CT molecular complexity index is 571. The number of nitrogens with zero attached hydrogens (tertiary/aromatic N) is 3. The van der Waals surface area contributed by atoms with Crippen molar-refractivity contribution < 1.29 is 0 Å². The van der Waals surface area contributed by atoms with E-state index in [-0.39, 0.29) is 5.69 Å². The maximum atomic E-state index is 11.3. The predicted octanol–water partition coefficient (Wildman–Crippen LogP) is 0.725. The molecule has 3 heterocycles. The molecule has 0 bridgehead atoms. The van der Waals surface area contributed by atoms with Crippen molar-refractivity contribution in [2.45, 2.75) is 18.1 Å². The summed E-state index contributed by atoms with van der Waals surface area (Å²) < 4.78 is 1.27. The molecule has 0 amide bonds. The van der Waals surface area contributed by atoms with Crippen LogP contribution in [0, 0.1) is 0 Å². The second-order valence-corrected chi connectivity index (χ2v) is 5.44. The molecule has 90 valence electrons. The van der Waals surface area contributed by atoms with E-state index in [0.29, 0.717) is 16.7 Å². The lowest BCUT2D eigenvalue weighted by Gasteiger charge is -2.10. The van der Waals surface area contributed by atoms with Gasteiger partial charge in [0, 0.05) is 11.8 Å². The molecule has 0 aromatic carbocycles. The Morgan fingerprint density at radius 1 is 1.59 bits per heavy atom. The van der Waals surface area contributed by atoms with Gasteiger partial charge in [0.15, 0.2) is 5.65 Å². The highest BCUT2D eigenvalue weighted by atomic mass is 32.2. The molecular formula is C10H13N5OS. The van der Waals surface area contributed by atoms with Crippen molar-refractivity contribution in [2.24, 2.45) is 0 Å². The average Bonchev–Trinajstić information content (AvgIpc) is 2.97. The Morgan fingerprint density at radius 3 is 3.35 bits per heavy atom. The number of anilines is 1. The Kier molecular flexibility index (Phi) is 2.76. The molecule has 6 nitrogen and oxygen atoms in total. The molecule has 0 aliphatic carbocycles. The van der Waals surface area contributed by atoms with Gasteiger partial charge >= 0.3 is 5.69 Å². The zero-order valence-corrected chi connectivity index (χ0v) is 10.0. The van der Waals surface area contributed by atoms with Gasteiger partial charge in [-0.15, -0.1) is 5.10 Å². The van der Waals surface area contributed by atoms with Gasteiger partial charge in [0.2, 0.25) is 0 Å². The number of nitrogens with one attached hydrogen (secondary N) is 2. The highest BCUT2D eigenvalue weighted by molar-refractivity contribution is 8.00. The number of thioether (sulfide) groups is 1. The molecule has 1 aliphatic rings. The standard InChI is InChI=1S/C10H13N5OS/c16-10-13-12-9-4-3-8(14-15(9)10)11-6-7-2-1-5-17-7/h3-4,7H,1-2,5-6H2,(H,11,14)(H,13,16). The molecule has 0 radical (unpaired) electrons. The van der Waals surface area contributed by atoms with E-state index in [9.17, 15) is 4.79 Å². The van der Waals surface area contributed by atoms with E-state index >= 15 is 0 Å². The molecule has 2 aromatic heterocycles. The smallest absolute Gasteiger partial charge is 0.364 e. The summed E-state index contributed by atoms with van der Waals surface area (Å²) in [6.45, 7) is 0.899. The first-order chi connectivity index (χ1) is 8.33. The van der Waals surface area contributed by atoms with Gasteiger partial charge in [-0.3, -0.25) is 0 Å². The average molecular weight is 251 g/mol. The van der Waals surface area contributed by atoms with Crippen molar-refractivity contribution in [1.82, 2.24) is 19.8 Å². The number of hydrogen-bond acceptors (Lipinski definition) is 5. The fourth-order valence-corrected chi connectivity index (χ4v) is 3.12. The van der Waals surface area contributed by atoms with Gasteiger partial charge in [-0.25, -0.2) is 9.89 Å². The summed E-state index contributed by atoms with van der Waals surface area (Å²) in [7, 11) is 0. The maximum Gasteiger partial charge on any atom is 0.364 e. The highest BCUT2D eigenvalue weighted by Crippen LogP contribution is 2.25. The summed E-state index contributed by atoms with van der Waals surface area (Å²) in [6.07, 6.45) is 2.55. The third-order valence-corrected chi connectivity index (χ3v) is 4.21. The van der Waals surface area contributed by atoms with Crippen LogP contribution in [-0.2, 0) is 0 Å². The number of aromatic nitrogens is 4. The molecule has 1 aliphatic heterocycles. The minimum absolute atomic E-state index is 0.307. The molecular weight excluding hydrogens is 238 g/mol. The lowest BCUT2D eigenvalue weighted by atomic mass is 10.2. The molecule has 1 saturated heterocycles. The summed E-state index contributed by atoms with van der Waals surface area (Å²) in [6, 6.07) is 3.62. The molecule has 2 N–H and O–H groups in total. The lowest BCUT2D eigenvalue weighted by molar-refractivity contribution is 0.796. The summed E-state index contributed by atoms with van der Waals surface area (Å²) in [5.74, 6) is 1.97. The fourth-order valence-electron chi connectivity index (χ4n) is 1.92. The van der Waals surface area contributed by atoms with E-state index in [0.717, 1.165) is 6.54 Å². The van der Waals surface area contributed by atoms with Crippen molar-refractivity contribution in [2.75, 3.05) is 17.6 Å². The van der Waals surface area contributed by atoms with Crippen LogP contribution in [0.15, 0.2) is 16.9 Å². The van der Waals surface area contributed by atoms with Crippen LogP contribution in [0.4, 0.5) is 5.82 Å². The van der Waals surface area contributed by atoms with Crippen molar-refractivity contribution in [1.29, 1.82) is 0 Å². The molecule has 2 aromatic rings. The molecule has 3 rings (SSSR count). The normalized spacial score (nSPS) is 19.9. The van der Waals surface area contributed by atoms with Crippen molar-refractivity contribution in [3.8, 4) is 0 Å². The van der Waals surface area contributed by atoms with Crippen LogP contribution in [0.25, 0.3) is 5.65 Å². The molecule has 1 fully saturated rings. The minimum Gasteiger partial charge on any atom is -0.368 e. The number of fused-ring (bicyclic) bond motifs is 1. The summed E-state index contributed by atoms with van der Waals surface area (Å²) in [4.78, 5) is 11.3. The molecule has 1 atom stereocenters. The van der Waals surface area contributed by atoms with Crippen LogP contribution in [0.3, 0.4) is 0 Å². The maximum absolute atomic E-state index is 11.3. The Balaban J connectivity index is 1.75. The first kappa shape index (κ1) is 10.6. The van der Waals surface area contributed by atoms with Gasteiger partial charge in [0.1, 0.15) is 5.82 Å². The topological polar surface area (TPSA) is 75.1 Å². The van der Waals surface area contributed by atoms with E-state index in [1.54, 1.807) is 6.07 Å². The largest absolute Gasteiger partial charge is 0.368 e. The van der Waals surface area contributed by atoms with Crippen molar-refractivity contribution >= 4 is 23.2 Å². The first-order valence-corrected chi connectivity index (χ1v) is 6.68. The summed E-state index contributed by atoms with van der Waals surface area (Å²) in [5.41, 5.74) is 0.231. The van der Waals surface area contributed by atoms with Crippen LogP contribution < -0.4 is 11.0 Å².